The van der Waals surface area contributed by atoms with Gasteiger partial charge in [0.1, 0.15) is 25.4 Å². The molecule has 1 aliphatic heterocycles. The van der Waals surface area contributed by atoms with Crippen LogP contribution in [0.2, 0.25) is 0 Å². The monoisotopic (exact) mass is 385 g/mol. The summed E-state index contributed by atoms with van der Waals surface area (Å²) in [7, 11) is 8.21. The lowest BCUT2D eigenvalue weighted by Crippen LogP contribution is -2.21. The van der Waals surface area contributed by atoms with E-state index in [1.807, 2.05) is 0 Å². The van der Waals surface area contributed by atoms with Crippen molar-refractivity contribution in [2.24, 2.45) is 0 Å². The molecule has 0 fully saturated rings. The van der Waals surface area contributed by atoms with Crippen molar-refractivity contribution in [3.8, 4) is 22.5 Å². The summed E-state index contributed by atoms with van der Waals surface area (Å²) in [4.78, 5) is 2.10. The number of hydrogen-bond acceptors (Lipinski definition) is 2. The SMILES string of the molecule is CC(C)c1ccc(-c2c3ccc(=[N+](C)C)cc-3oc3cc(N(C)C)ccc23)cc1. The molecule has 0 atom stereocenters. The summed E-state index contributed by atoms with van der Waals surface area (Å²) in [6, 6.07) is 21.9. The predicted octanol–water partition coefficient (Wildman–Crippen LogP) is 5.43. The summed E-state index contributed by atoms with van der Waals surface area (Å²) in [5, 5.41) is 2.27. The van der Waals surface area contributed by atoms with Crippen molar-refractivity contribution in [2.45, 2.75) is 19.8 Å². The molecule has 0 spiro atoms. The zero-order valence-corrected chi connectivity index (χ0v) is 18.2. The molecule has 0 saturated heterocycles. The van der Waals surface area contributed by atoms with Crippen LogP contribution in [0.3, 0.4) is 0 Å². The highest BCUT2D eigenvalue weighted by atomic mass is 16.3. The molecule has 3 nitrogen and oxygen atoms in total. The van der Waals surface area contributed by atoms with E-state index < -0.39 is 0 Å². The molecule has 29 heavy (non-hydrogen) atoms. The maximum Gasteiger partial charge on any atom is 0.203 e. The van der Waals surface area contributed by atoms with Crippen molar-refractivity contribution in [1.29, 1.82) is 0 Å². The average Bonchev–Trinajstić information content (AvgIpc) is 2.71. The van der Waals surface area contributed by atoms with E-state index in [0.717, 1.165) is 33.3 Å². The molecule has 148 valence electrons. The molecule has 0 saturated carbocycles. The smallest absolute Gasteiger partial charge is 0.203 e. The van der Waals surface area contributed by atoms with Crippen LogP contribution in [-0.2, 0) is 0 Å². The summed E-state index contributed by atoms with van der Waals surface area (Å²) in [6.45, 7) is 4.46. The van der Waals surface area contributed by atoms with E-state index in [2.05, 4.69) is 112 Å². The second-order valence-corrected chi connectivity index (χ2v) is 8.40. The van der Waals surface area contributed by atoms with E-state index in [4.69, 9.17) is 4.42 Å². The molecule has 0 radical (unpaired) electrons. The molecule has 2 aliphatic rings. The van der Waals surface area contributed by atoms with Crippen LogP contribution in [0.1, 0.15) is 25.3 Å². The van der Waals surface area contributed by atoms with E-state index in [0.29, 0.717) is 5.92 Å². The van der Waals surface area contributed by atoms with Gasteiger partial charge in [-0.1, -0.05) is 38.1 Å². The second kappa shape index (κ2) is 7.40. The highest BCUT2D eigenvalue weighted by Gasteiger charge is 2.18. The van der Waals surface area contributed by atoms with Crippen LogP contribution >= 0.6 is 0 Å². The Balaban J connectivity index is 2.07. The molecule has 1 heterocycles. The van der Waals surface area contributed by atoms with Crippen LogP contribution in [0, 0.1) is 0 Å². The quantitative estimate of drug-likeness (QED) is 0.346. The Hall–Kier alpha value is -3.07. The maximum atomic E-state index is 6.40. The minimum absolute atomic E-state index is 0.522. The van der Waals surface area contributed by atoms with Crippen LogP contribution in [0.5, 0.6) is 0 Å². The van der Waals surface area contributed by atoms with Crippen LogP contribution in [0.15, 0.2) is 65.1 Å². The third kappa shape index (κ3) is 3.53. The zero-order chi connectivity index (χ0) is 20.7. The molecule has 2 aromatic carbocycles. The summed E-state index contributed by atoms with van der Waals surface area (Å²) < 4.78 is 8.50. The molecular weight excluding hydrogens is 356 g/mol. The summed E-state index contributed by atoms with van der Waals surface area (Å²) in [5.74, 6) is 1.43. The highest BCUT2D eigenvalue weighted by Crippen LogP contribution is 2.40. The molecule has 3 heteroatoms. The topological polar surface area (TPSA) is 19.4 Å². The molecule has 0 unspecified atom stereocenters. The first-order valence-electron chi connectivity index (χ1n) is 10.1. The van der Waals surface area contributed by atoms with Gasteiger partial charge in [-0.15, -0.1) is 0 Å². The van der Waals surface area contributed by atoms with Gasteiger partial charge in [-0.3, -0.25) is 0 Å². The Bertz CT molecular complexity index is 1210. The predicted molar refractivity (Wildman–Crippen MR) is 124 cm³/mol. The van der Waals surface area contributed by atoms with E-state index in [1.165, 1.54) is 16.7 Å². The lowest BCUT2D eigenvalue weighted by atomic mass is 9.92. The van der Waals surface area contributed by atoms with Crippen LogP contribution in [-0.4, -0.2) is 28.2 Å². The fourth-order valence-electron chi connectivity index (χ4n) is 3.77. The van der Waals surface area contributed by atoms with Crippen molar-refractivity contribution >= 4 is 16.7 Å². The maximum absolute atomic E-state index is 6.40. The Morgan fingerprint density at radius 1 is 0.862 bits per heavy atom. The van der Waals surface area contributed by atoms with E-state index in [9.17, 15) is 0 Å². The van der Waals surface area contributed by atoms with Crippen molar-refractivity contribution in [3.63, 3.8) is 0 Å². The first-order chi connectivity index (χ1) is 13.8. The van der Waals surface area contributed by atoms with Gasteiger partial charge in [-0.05, 0) is 35.2 Å². The number of fused-ring (bicyclic) bond motifs is 2. The van der Waals surface area contributed by atoms with Gasteiger partial charge in [0.05, 0.1) is 6.07 Å². The molecule has 0 amide bonds. The molecule has 0 bridgehead atoms. The normalized spacial score (nSPS) is 11.4. The average molecular weight is 386 g/mol. The Morgan fingerprint density at radius 2 is 1.59 bits per heavy atom. The van der Waals surface area contributed by atoms with Gasteiger partial charge in [-0.25, -0.2) is 4.58 Å². The molecule has 0 N–H and O–H groups in total. The lowest BCUT2D eigenvalue weighted by Gasteiger charge is -2.18. The van der Waals surface area contributed by atoms with Gasteiger partial charge in [-0.2, -0.15) is 0 Å². The Kier molecular flexibility index (Phi) is 4.91. The molecule has 1 aliphatic carbocycles. The number of nitrogens with zero attached hydrogens (tertiary/aromatic N) is 2. The van der Waals surface area contributed by atoms with Crippen molar-refractivity contribution in [3.05, 3.63) is 71.6 Å². The van der Waals surface area contributed by atoms with Gasteiger partial charge < -0.3 is 9.32 Å². The van der Waals surface area contributed by atoms with Gasteiger partial charge in [0.15, 0.2) is 0 Å². The standard InChI is InChI=1S/C26H29N2O/c1-17(2)18-7-9-19(10-8-18)26-22-13-11-20(27(3)4)15-24(22)29-25-16-21(28(5)6)12-14-23(25)26/h7-17H,1-6H3/q+1. The molecule has 2 aromatic rings. The minimum Gasteiger partial charge on any atom is -0.456 e. The highest BCUT2D eigenvalue weighted by molar-refractivity contribution is 6.02. The van der Waals surface area contributed by atoms with E-state index in [-0.39, 0.29) is 0 Å². The first kappa shape index (κ1) is 19.3. The number of benzene rings is 3. The Morgan fingerprint density at radius 3 is 2.21 bits per heavy atom. The van der Waals surface area contributed by atoms with E-state index in [1.54, 1.807) is 0 Å². The van der Waals surface area contributed by atoms with Crippen LogP contribution in [0.4, 0.5) is 5.69 Å². The Labute approximate surface area is 172 Å². The summed E-state index contributed by atoms with van der Waals surface area (Å²) >= 11 is 0. The number of rotatable bonds is 3. The molecule has 4 rings (SSSR count). The third-order valence-corrected chi connectivity index (χ3v) is 5.59. The largest absolute Gasteiger partial charge is 0.456 e. The van der Waals surface area contributed by atoms with Crippen LogP contribution < -0.4 is 14.8 Å². The second-order valence-electron chi connectivity index (χ2n) is 8.40. The van der Waals surface area contributed by atoms with Crippen molar-refractivity contribution in [2.75, 3.05) is 33.1 Å². The van der Waals surface area contributed by atoms with Crippen molar-refractivity contribution < 1.29 is 4.42 Å². The van der Waals surface area contributed by atoms with Gasteiger partial charge in [0, 0.05) is 48.4 Å². The fourth-order valence-corrected chi connectivity index (χ4v) is 3.77. The molecule has 0 aromatic heterocycles. The minimum atomic E-state index is 0.522. The summed E-state index contributed by atoms with van der Waals surface area (Å²) in [5.41, 5.74) is 6.97. The fraction of sp³-hybridized carbons (Fsp3) is 0.269. The van der Waals surface area contributed by atoms with Gasteiger partial charge in [0.2, 0.25) is 5.36 Å². The zero-order valence-electron chi connectivity index (χ0n) is 18.2. The number of hydrogen-bond donors (Lipinski definition) is 0. The lowest BCUT2D eigenvalue weighted by molar-refractivity contribution is 0.617. The van der Waals surface area contributed by atoms with Gasteiger partial charge in [0.25, 0.3) is 0 Å². The van der Waals surface area contributed by atoms with E-state index >= 15 is 0 Å². The first-order valence-corrected chi connectivity index (χ1v) is 10.1. The number of anilines is 1. The third-order valence-electron chi connectivity index (χ3n) is 5.59. The molecular formula is C26H29N2O+. The van der Waals surface area contributed by atoms with Crippen LogP contribution in [0.25, 0.3) is 33.4 Å². The van der Waals surface area contributed by atoms with Gasteiger partial charge >= 0.3 is 0 Å². The van der Waals surface area contributed by atoms with Crippen molar-refractivity contribution in [1.82, 2.24) is 4.58 Å². The summed E-state index contributed by atoms with van der Waals surface area (Å²) in [6.07, 6.45) is 0.